The predicted octanol–water partition coefficient (Wildman–Crippen LogP) is 3.01. The van der Waals surface area contributed by atoms with Crippen LogP contribution in [-0.4, -0.2) is 19.2 Å². The molecule has 3 rings (SSSR count). The number of rotatable bonds is 3. The topological polar surface area (TPSA) is 61.6 Å². The molecular formula is C16H12FNO4. The van der Waals surface area contributed by atoms with Crippen LogP contribution < -0.4 is 15.1 Å². The standard InChI is InChI=1S/C16H12FNO4/c1-20-9-3-5-11(13(17)7-9)15-18-14-8-10(21-2)4-6-12(14)16(19)22-15/h3-8H,1-2H3. The van der Waals surface area contributed by atoms with E-state index in [1.54, 1.807) is 24.3 Å². The van der Waals surface area contributed by atoms with E-state index in [4.69, 9.17) is 13.9 Å². The van der Waals surface area contributed by atoms with Crippen LogP contribution in [0.2, 0.25) is 0 Å². The van der Waals surface area contributed by atoms with Gasteiger partial charge in [0.05, 0.1) is 30.7 Å². The van der Waals surface area contributed by atoms with Crippen molar-refractivity contribution in [3.63, 3.8) is 0 Å². The summed E-state index contributed by atoms with van der Waals surface area (Å²) in [5.41, 5.74) is -0.124. The second-order valence-corrected chi connectivity index (χ2v) is 4.54. The van der Waals surface area contributed by atoms with Crippen LogP contribution in [0.1, 0.15) is 0 Å². The molecule has 22 heavy (non-hydrogen) atoms. The van der Waals surface area contributed by atoms with Crippen LogP contribution in [0.25, 0.3) is 22.4 Å². The zero-order valence-corrected chi connectivity index (χ0v) is 11.9. The lowest BCUT2D eigenvalue weighted by atomic mass is 10.2. The lowest BCUT2D eigenvalue weighted by Crippen LogP contribution is -2.04. The molecule has 0 fully saturated rings. The van der Waals surface area contributed by atoms with Gasteiger partial charge in [0, 0.05) is 12.1 Å². The lowest BCUT2D eigenvalue weighted by molar-refractivity contribution is 0.411. The maximum Gasteiger partial charge on any atom is 0.347 e. The molecule has 0 amide bonds. The highest BCUT2D eigenvalue weighted by atomic mass is 19.1. The Morgan fingerprint density at radius 1 is 1.05 bits per heavy atom. The van der Waals surface area contributed by atoms with E-state index in [9.17, 15) is 9.18 Å². The summed E-state index contributed by atoms with van der Waals surface area (Å²) in [6.07, 6.45) is 0. The highest BCUT2D eigenvalue weighted by molar-refractivity contribution is 5.80. The molecule has 0 aliphatic rings. The van der Waals surface area contributed by atoms with Crippen molar-refractivity contribution in [2.45, 2.75) is 0 Å². The molecule has 112 valence electrons. The van der Waals surface area contributed by atoms with E-state index < -0.39 is 11.4 Å². The van der Waals surface area contributed by atoms with Gasteiger partial charge in [-0.2, -0.15) is 0 Å². The molecule has 2 aromatic carbocycles. The van der Waals surface area contributed by atoms with Gasteiger partial charge in [0.25, 0.3) is 0 Å². The van der Waals surface area contributed by atoms with Crippen molar-refractivity contribution in [3.8, 4) is 23.0 Å². The third-order valence-electron chi connectivity index (χ3n) is 3.24. The first-order valence-corrected chi connectivity index (χ1v) is 6.45. The number of halogens is 1. The van der Waals surface area contributed by atoms with Gasteiger partial charge in [0.2, 0.25) is 5.89 Å². The summed E-state index contributed by atoms with van der Waals surface area (Å²) in [7, 11) is 2.95. The van der Waals surface area contributed by atoms with Crippen molar-refractivity contribution in [2.24, 2.45) is 0 Å². The Hall–Kier alpha value is -2.89. The number of nitrogens with zero attached hydrogens (tertiary/aromatic N) is 1. The van der Waals surface area contributed by atoms with Crippen molar-refractivity contribution in [1.82, 2.24) is 4.98 Å². The average molecular weight is 301 g/mol. The number of methoxy groups -OCH3 is 2. The smallest absolute Gasteiger partial charge is 0.347 e. The van der Waals surface area contributed by atoms with E-state index in [1.165, 1.54) is 26.4 Å². The van der Waals surface area contributed by atoms with Gasteiger partial charge in [-0.05, 0) is 24.3 Å². The van der Waals surface area contributed by atoms with E-state index in [1.807, 2.05) is 0 Å². The number of hydrogen-bond acceptors (Lipinski definition) is 5. The van der Waals surface area contributed by atoms with E-state index in [0.717, 1.165) is 0 Å². The molecule has 5 nitrogen and oxygen atoms in total. The molecule has 0 N–H and O–H groups in total. The predicted molar refractivity (Wildman–Crippen MR) is 78.8 cm³/mol. The zero-order chi connectivity index (χ0) is 15.7. The number of fused-ring (bicyclic) bond motifs is 1. The number of hydrogen-bond donors (Lipinski definition) is 0. The fourth-order valence-corrected chi connectivity index (χ4v) is 2.09. The monoisotopic (exact) mass is 301 g/mol. The minimum absolute atomic E-state index is 0.0858. The summed E-state index contributed by atoms with van der Waals surface area (Å²) in [5.74, 6) is 0.237. The Morgan fingerprint density at radius 3 is 2.41 bits per heavy atom. The molecule has 6 heteroatoms. The lowest BCUT2D eigenvalue weighted by Gasteiger charge is -2.06. The molecule has 0 aliphatic carbocycles. The van der Waals surface area contributed by atoms with Crippen molar-refractivity contribution >= 4 is 10.9 Å². The number of ether oxygens (including phenoxy) is 2. The van der Waals surface area contributed by atoms with Gasteiger partial charge in [-0.1, -0.05) is 0 Å². The zero-order valence-electron chi connectivity index (χ0n) is 11.9. The van der Waals surface area contributed by atoms with E-state index >= 15 is 0 Å². The molecule has 0 unspecified atom stereocenters. The minimum Gasteiger partial charge on any atom is -0.497 e. The van der Waals surface area contributed by atoms with E-state index in [0.29, 0.717) is 22.4 Å². The van der Waals surface area contributed by atoms with Gasteiger partial charge in [-0.3, -0.25) is 0 Å². The van der Waals surface area contributed by atoms with Gasteiger partial charge in [0.1, 0.15) is 17.3 Å². The van der Waals surface area contributed by atoms with Crippen molar-refractivity contribution in [3.05, 3.63) is 52.6 Å². The second-order valence-electron chi connectivity index (χ2n) is 4.54. The summed E-state index contributed by atoms with van der Waals surface area (Å²) in [6, 6.07) is 9.00. The SMILES string of the molecule is COc1ccc(-c2nc3cc(OC)ccc3c(=O)o2)c(F)c1. The Bertz CT molecular complexity index is 904. The van der Waals surface area contributed by atoms with Crippen molar-refractivity contribution in [2.75, 3.05) is 14.2 Å². The molecule has 0 radical (unpaired) electrons. The molecule has 0 aliphatic heterocycles. The third kappa shape index (κ3) is 2.39. The van der Waals surface area contributed by atoms with Crippen LogP contribution in [0.4, 0.5) is 4.39 Å². The maximum atomic E-state index is 14.1. The minimum atomic E-state index is -0.586. The van der Waals surface area contributed by atoms with Gasteiger partial charge < -0.3 is 13.9 Å². The summed E-state index contributed by atoms with van der Waals surface area (Å²) in [4.78, 5) is 16.2. The summed E-state index contributed by atoms with van der Waals surface area (Å²) < 4.78 is 29.2. The van der Waals surface area contributed by atoms with Gasteiger partial charge in [-0.25, -0.2) is 14.2 Å². The molecule has 3 aromatic rings. The molecule has 1 aromatic heterocycles. The van der Waals surface area contributed by atoms with Crippen molar-refractivity contribution in [1.29, 1.82) is 0 Å². The van der Waals surface area contributed by atoms with Gasteiger partial charge in [0.15, 0.2) is 0 Å². The van der Waals surface area contributed by atoms with Crippen LogP contribution in [0.5, 0.6) is 11.5 Å². The van der Waals surface area contributed by atoms with E-state index in [2.05, 4.69) is 4.98 Å². The molecule has 0 saturated carbocycles. The van der Waals surface area contributed by atoms with Crippen LogP contribution in [-0.2, 0) is 0 Å². The highest BCUT2D eigenvalue weighted by Gasteiger charge is 2.14. The molecule has 0 atom stereocenters. The van der Waals surface area contributed by atoms with Crippen LogP contribution in [0, 0.1) is 5.82 Å². The normalized spacial score (nSPS) is 10.7. The molecule has 0 spiro atoms. The van der Waals surface area contributed by atoms with Gasteiger partial charge in [-0.15, -0.1) is 0 Å². The average Bonchev–Trinajstić information content (AvgIpc) is 2.53. The Kier molecular flexibility index (Phi) is 3.50. The first-order chi connectivity index (χ1) is 10.6. The molecule has 0 bridgehead atoms. The highest BCUT2D eigenvalue weighted by Crippen LogP contribution is 2.26. The molecule has 1 heterocycles. The summed E-state index contributed by atoms with van der Waals surface area (Å²) >= 11 is 0. The largest absolute Gasteiger partial charge is 0.497 e. The third-order valence-corrected chi connectivity index (χ3v) is 3.24. The van der Waals surface area contributed by atoms with E-state index in [-0.39, 0.29) is 11.5 Å². The number of benzene rings is 2. The first kappa shape index (κ1) is 14.1. The van der Waals surface area contributed by atoms with Crippen LogP contribution >= 0.6 is 0 Å². The number of aromatic nitrogens is 1. The maximum absolute atomic E-state index is 14.1. The summed E-state index contributed by atoms with van der Waals surface area (Å²) in [5, 5.41) is 0.304. The first-order valence-electron chi connectivity index (χ1n) is 6.45. The van der Waals surface area contributed by atoms with Gasteiger partial charge >= 0.3 is 5.63 Å². The quantitative estimate of drug-likeness (QED) is 0.744. The molecular weight excluding hydrogens is 289 g/mol. The summed E-state index contributed by atoms with van der Waals surface area (Å²) in [6.45, 7) is 0. The second kappa shape index (κ2) is 5.48. The Labute approximate surface area is 124 Å². The van der Waals surface area contributed by atoms with Crippen LogP contribution in [0.15, 0.2) is 45.6 Å². The van der Waals surface area contributed by atoms with Crippen molar-refractivity contribution < 1.29 is 18.3 Å². The fraction of sp³-hybridized carbons (Fsp3) is 0.125. The Morgan fingerprint density at radius 2 is 1.73 bits per heavy atom. The fourth-order valence-electron chi connectivity index (χ4n) is 2.09. The Balaban J connectivity index is 2.21. The van der Waals surface area contributed by atoms with Crippen LogP contribution in [0.3, 0.4) is 0 Å². The molecule has 0 saturated heterocycles.